The molecule has 0 aromatic carbocycles. The average Bonchev–Trinajstić information content (AvgIpc) is 2.95. The van der Waals surface area contributed by atoms with Crippen LogP contribution < -0.4 is 10.6 Å². The lowest BCUT2D eigenvalue weighted by atomic mass is 9.94. The lowest BCUT2D eigenvalue weighted by Gasteiger charge is -2.24. The zero-order chi connectivity index (χ0) is 15.9. The van der Waals surface area contributed by atoms with Crippen molar-refractivity contribution in [2.45, 2.75) is 70.2 Å². The first-order valence-electron chi connectivity index (χ1n) is 7.85. The minimum absolute atomic E-state index is 0.175. The molecule has 6 heteroatoms. The first kappa shape index (κ1) is 16.1. The van der Waals surface area contributed by atoms with Crippen molar-refractivity contribution < 1.29 is 9.53 Å². The standard InChI is InChI=1S/C16H23ClN2O2S/c1-16(2,3)21-15(20)19-12-8-11(12)18-10-5-4-6-13-9(10)7-14(17)22-13/h7,10-12,18H,4-6,8H2,1-3H3,(H,19,20). The van der Waals surface area contributed by atoms with E-state index in [1.807, 2.05) is 20.8 Å². The van der Waals surface area contributed by atoms with E-state index >= 15 is 0 Å². The van der Waals surface area contributed by atoms with Gasteiger partial charge in [-0.1, -0.05) is 11.6 Å². The Morgan fingerprint density at radius 1 is 1.41 bits per heavy atom. The summed E-state index contributed by atoms with van der Waals surface area (Å²) >= 11 is 7.84. The third-order valence-corrected chi connectivity index (χ3v) is 5.33. The van der Waals surface area contributed by atoms with E-state index in [1.54, 1.807) is 11.3 Å². The van der Waals surface area contributed by atoms with Crippen LogP contribution in [0.5, 0.6) is 0 Å². The summed E-state index contributed by atoms with van der Waals surface area (Å²) in [6.45, 7) is 5.62. The van der Waals surface area contributed by atoms with E-state index in [1.165, 1.54) is 16.9 Å². The number of hydrogen-bond acceptors (Lipinski definition) is 4. The van der Waals surface area contributed by atoms with Crippen molar-refractivity contribution in [3.8, 4) is 0 Å². The summed E-state index contributed by atoms with van der Waals surface area (Å²) < 4.78 is 6.17. The van der Waals surface area contributed by atoms with E-state index in [-0.39, 0.29) is 12.1 Å². The molecule has 0 saturated heterocycles. The maximum absolute atomic E-state index is 11.8. The molecule has 3 unspecified atom stereocenters. The van der Waals surface area contributed by atoms with Gasteiger partial charge in [-0.05, 0) is 58.1 Å². The summed E-state index contributed by atoms with van der Waals surface area (Å²) in [4.78, 5) is 13.2. The molecule has 4 nitrogen and oxygen atoms in total. The molecule has 22 heavy (non-hydrogen) atoms. The van der Waals surface area contributed by atoms with Gasteiger partial charge in [0, 0.05) is 23.0 Å². The third-order valence-electron chi connectivity index (χ3n) is 3.99. The molecule has 1 heterocycles. The van der Waals surface area contributed by atoms with Gasteiger partial charge in [0.2, 0.25) is 0 Å². The number of hydrogen-bond donors (Lipinski definition) is 2. The highest BCUT2D eigenvalue weighted by Gasteiger charge is 2.41. The van der Waals surface area contributed by atoms with Gasteiger partial charge in [0.05, 0.1) is 4.34 Å². The number of carbonyl (C=O) groups excluding carboxylic acids is 1. The Morgan fingerprint density at radius 3 is 2.91 bits per heavy atom. The van der Waals surface area contributed by atoms with Crippen LogP contribution in [0.25, 0.3) is 0 Å². The van der Waals surface area contributed by atoms with Crippen LogP contribution in [0.2, 0.25) is 4.34 Å². The summed E-state index contributed by atoms with van der Waals surface area (Å²) in [6, 6.07) is 2.97. The fraction of sp³-hybridized carbons (Fsp3) is 0.688. The second-order valence-electron chi connectivity index (χ2n) is 7.14. The Kier molecular flexibility index (Phi) is 4.40. The molecule has 2 aliphatic carbocycles. The van der Waals surface area contributed by atoms with Gasteiger partial charge in [-0.15, -0.1) is 11.3 Å². The van der Waals surface area contributed by atoms with Crippen molar-refractivity contribution in [1.82, 2.24) is 10.6 Å². The monoisotopic (exact) mass is 342 g/mol. The molecule has 1 aromatic heterocycles. The Hall–Kier alpha value is -0.780. The molecule has 0 bridgehead atoms. The van der Waals surface area contributed by atoms with Gasteiger partial charge in [-0.3, -0.25) is 0 Å². The van der Waals surface area contributed by atoms with E-state index in [0.29, 0.717) is 12.1 Å². The molecular formula is C16H23ClN2O2S. The lowest BCUT2D eigenvalue weighted by Crippen LogP contribution is -2.37. The summed E-state index contributed by atoms with van der Waals surface area (Å²) in [5.74, 6) is 0. The van der Waals surface area contributed by atoms with Gasteiger partial charge in [0.25, 0.3) is 0 Å². The summed E-state index contributed by atoms with van der Waals surface area (Å²) in [7, 11) is 0. The predicted octanol–water partition coefficient (Wildman–Crippen LogP) is 4.03. The Balaban J connectivity index is 1.51. The van der Waals surface area contributed by atoms with E-state index in [4.69, 9.17) is 16.3 Å². The summed E-state index contributed by atoms with van der Waals surface area (Å²) in [5, 5.41) is 6.59. The first-order valence-corrected chi connectivity index (χ1v) is 9.05. The zero-order valence-electron chi connectivity index (χ0n) is 13.2. The fourth-order valence-electron chi connectivity index (χ4n) is 2.95. The highest BCUT2D eigenvalue weighted by molar-refractivity contribution is 7.16. The summed E-state index contributed by atoms with van der Waals surface area (Å²) in [5.41, 5.74) is 0.900. The predicted molar refractivity (Wildman–Crippen MR) is 89.7 cm³/mol. The highest BCUT2D eigenvalue weighted by atomic mass is 35.5. The molecule has 1 aromatic rings. The second kappa shape index (κ2) is 6.02. The third kappa shape index (κ3) is 3.94. The van der Waals surface area contributed by atoms with Crippen LogP contribution in [-0.2, 0) is 11.2 Å². The van der Waals surface area contributed by atoms with Crippen molar-refractivity contribution in [1.29, 1.82) is 0 Å². The molecule has 0 aliphatic heterocycles. The number of aryl methyl sites for hydroxylation is 1. The van der Waals surface area contributed by atoms with Gasteiger partial charge < -0.3 is 15.4 Å². The van der Waals surface area contributed by atoms with E-state index in [0.717, 1.165) is 23.6 Å². The van der Waals surface area contributed by atoms with Crippen LogP contribution >= 0.6 is 22.9 Å². The van der Waals surface area contributed by atoms with Crippen molar-refractivity contribution in [2.24, 2.45) is 0 Å². The first-order chi connectivity index (χ1) is 10.3. The molecule has 0 spiro atoms. The molecule has 0 radical (unpaired) electrons. The molecule has 1 fully saturated rings. The molecule has 122 valence electrons. The molecule has 1 saturated carbocycles. The Bertz CT molecular complexity index is 567. The van der Waals surface area contributed by atoms with Crippen LogP contribution in [0.4, 0.5) is 4.79 Å². The van der Waals surface area contributed by atoms with Crippen LogP contribution in [0.3, 0.4) is 0 Å². The lowest BCUT2D eigenvalue weighted by molar-refractivity contribution is 0.0521. The number of halogens is 1. The SMILES string of the molecule is CC(C)(C)OC(=O)NC1CC1NC1CCCc2sc(Cl)cc21. The van der Waals surface area contributed by atoms with Crippen LogP contribution in [-0.4, -0.2) is 23.8 Å². The quantitative estimate of drug-likeness (QED) is 0.871. The van der Waals surface area contributed by atoms with E-state index in [2.05, 4.69) is 16.7 Å². The Morgan fingerprint density at radius 2 is 2.18 bits per heavy atom. The smallest absolute Gasteiger partial charge is 0.407 e. The minimum atomic E-state index is -0.451. The van der Waals surface area contributed by atoms with Crippen molar-refractivity contribution >= 4 is 29.0 Å². The van der Waals surface area contributed by atoms with Crippen LogP contribution in [0.1, 0.15) is 56.5 Å². The largest absolute Gasteiger partial charge is 0.444 e. The number of ether oxygens (including phenoxy) is 1. The van der Waals surface area contributed by atoms with Crippen molar-refractivity contribution in [3.63, 3.8) is 0 Å². The van der Waals surface area contributed by atoms with Gasteiger partial charge >= 0.3 is 6.09 Å². The van der Waals surface area contributed by atoms with Crippen LogP contribution in [0, 0.1) is 0 Å². The molecule has 2 N–H and O–H groups in total. The normalized spacial score (nSPS) is 27.2. The number of amides is 1. The minimum Gasteiger partial charge on any atom is -0.444 e. The number of fused-ring (bicyclic) bond motifs is 1. The molecular weight excluding hydrogens is 320 g/mol. The van der Waals surface area contributed by atoms with Crippen molar-refractivity contribution in [3.05, 3.63) is 20.8 Å². The molecule has 3 rings (SSSR count). The van der Waals surface area contributed by atoms with Crippen LogP contribution in [0.15, 0.2) is 6.07 Å². The highest BCUT2D eigenvalue weighted by Crippen LogP contribution is 2.39. The molecule has 2 aliphatic rings. The molecule has 1 amide bonds. The second-order valence-corrected chi connectivity index (χ2v) is 8.90. The fourth-order valence-corrected chi connectivity index (χ4v) is 4.33. The maximum Gasteiger partial charge on any atom is 0.407 e. The average molecular weight is 343 g/mol. The summed E-state index contributed by atoms with van der Waals surface area (Å²) in [6.07, 6.45) is 4.09. The van der Waals surface area contributed by atoms with Gasteiger partial charge in [-0.2, -0.15) is 0 Å². The van der Waals surface area contributed by atoms with Crippen molar-refractivity contribution in [2.75, 3.05) is 0 Å². The van der Waals surface area contributed by atoms with Gasteiger partial charge in [0.1, 0.15) is 5.60 Å². The zero-order valence-corrected chi connectivity index (χ0v) is 14.8. The molecule has 3 atom stereocenters. The Labute approximate surface area is 140 Å². The van der Waals surface area contributed by atoms with E-state index in [9.17, 15) is 4.79 Å². The topological polar surface area (TPSA) is 50.4 Å². The number of alkyl carbamates (subject to hydrolysis) is 1. The van der Waals surface area contributed by atoms with Gasteiger partial charge in [0.15, 0.2) is 0 Å². The number of nitrogens with one attached hydrogen (secondary N) is 2. The number of carbonyl (C=O) groups is 1. The maximum atomic E-state index is 11.8. The number of thiophene rings is 1. The van der Waals surface area contributed by atoms with Gasteiger partial charge in [-0.25, -0.2) is 4.79 Å². The van der Waals surface area contributed by atoms with E-state index < -0.39 is 5.60 Å². The number of rotatable bonds is 3.